The fourth-order valence-corrected chi connectivity index (χ4v) is 2.57. The normalized spacial score (nSPS) is 27.1. The number of amidine groups is 1. The molecule has 0 radical (unpaired) electrons. The largest absolute Gasteiger partial charge is 0.461 e. The van der Waals surface area contributed by atoms with Crippen LogP contribution in [0.25, 0.3) is 0 Å². The summed E-state index contributed by atoms with van der Waals surface area (Å²) < 4.78 is 5.53. The molecule has 4 nitrogen and oxygen atoms in total. The average Bonchev–Trinajstić information content (AvgIpc) is 2.55. The monoisotopic (exact) mass is 238 g/mol. The Morgan fingerprint density at radius 2 is 1.82 bits per heavy atom. The van der Waals surface area contributed by atoms with Crippen molar-refractivity contribution in [2.24, 2.45) is 10.7 Å². The van der Waals surface area contributed by atoms with Gasteiger partial charge in [0.2, 0.25) is 0 Å². The van der Waals surface area contributed by atoms with Crippen molar-refractivity contribution in [2.45, 2.75) is 69.9 Å². The smallest absolute Gasteiger partial charge is 0.331 e. The third-order valence-corrected chi connectivity index (χ3v) is 3.59. The first-order chi connectivity index (χ1) is 8.25. The summed E-state index contributed by atoms with van der Waals surface area (Å²) in [6, 6.07) is -0.348. The van der Waals surface area contributed by atoms with Crippen LogP contribution in [0.3, 0.4) is 0 Å². The molecule has 1 aliphatic carbocycles. The van der Waals surface area contributed by atoms with Crippen molar-refractivity contribution in [1.29, 1.82) is 0 Å². The number of hydrogen-bond donors (Lipinski definition) is 1. The van der Waals surface area contributed by atoms with Gasteiger partial charge in [0.1, 0.15) is 12.1 Å². The first kappa shape index (κ1) is 12.4. The lowest BCUT2D eigenvalue weighted by atomic mass is 9.98. The maximum Gasteiger partial charge on any atom is 0.331 e. The van der Waals surface area contributed by atoms with Crippen molar-refractivity contribution in [3.05, 3.63) is 0 Å². The molecule has 0 spiro atoms. The third-order valence-electron chi connectivity index (χ3n) is 3.59. The molecule has 0 aromatic carbocycles. The first-order valence-corrected chi connectivity index (χ1v) is 6.78. The highest BCUT2D eigenvalue weighted by Crippen LogP contribution is 2.22. The number of esters is 1. The topological polar surface area (TPSA) is 64.7 Å². The molecular formula is C13H22N2O2. The quantitative estimate of drug-likeness (QED) is 0.750. The van der Waals surface area contributed by atoms with E-state index in [-0.39, 0.29) is 18.1 Å². The number of ether oxygens (including phenoxy) is 1. The van der Waals surface area contributed by atoms with E-state index in [0.717, 1.165) is 38.5 Å². The van der Waals surface area contributed by atoms with Crippen molar-refractivity contribution >= 4 is 11.8 Å². The van der Waals surface area contributed by atoms with Crippen LogP contribution < -0.4 is 5.73 Å². The van der Waals surface area contributed by atoms with Gasteiger partial charge in [-0.05, 0) is 38.5 Å². The Bertz CT molecular complexity index is 296. The second kappa shape index (κ2) is 6.03. The minimum Gasteiger partial charge on any atom is -0.461 e. The van der Waals surface area contributed by atoms with Crippen LogP contribution in [0.2, 0.25) is 0 Å². The van der Waals surface area contributed by atoms with Crippen LogP contribution in [0.5, 0.6) is 0 Å². The molecule has 0 bridgehead atoms. The first-order valence-electron chi connectivity index (χ1n) is 6.78. The van der Waals surface area contributed by atoms with E-state index in [1.807, 2.05) is 0 Å². The number of aliphatic imine (C=N–C) groups is 1. The fourth-order valence-electron chi connectivity index (χ4n) is 2.57. The summed E-state index contributed by atoms with van der Waals surface area (Å²) in [6.45, 7) is 0. The maximum atomic E-state index is 12.0. The summed E-state index contributed by atoms with van der Waals surface area (Å²) in [5.74, 6) is 0.440. The van der Waals surface area contributed by atoms with Gasteiger partial charge < -0.3 is 10.5 Å². The Balaban J connectivity index is 1.87. The molecular weight excluding hydrogens is 216 g/mol. The molecule has 0 saturated heterocycles. The van der Waals surface area contributed by atoms with Gasteiger partial charge in [-0.3, -0.25) is 4.99 Å². The predicted molar refractivity (Wildman–Crippen MR) is 66.8 cm³/mol. The average molecular weight is 238 g/mol. The summed E-state index contributed by atoms with van der Waals surface area (Å²) >= 11 is 0. The van der Waals surface area contributed by atoms with Crippen LogP contribution in [0.4, 0.5) is 0 Å². The van der Waals surface area contributed by atoms with E-state index in [4.69, 9.17) is 10.5 Å². The second-order valence-corrected chi connectivity index (χ2v) is 5.08. The molecule has 0 amide bonds. The highest BCUT2D eigenvalue weighted by molar-refractivity contribution is 5.85. The molecule has 4 heteroatoms. The molecule has 1 saturated carbocycles. The Labute approximate surface area is 103 Å². The van der Waals surface area contributed by atoms with Crippen LogP contribution in [0, 0.1) is 0 Å². The van der Waals surface area contributed by atoms with E-state index >= 15 is 0 Å². The van der Waals surface area contributed by atoms with E-state index in [9.17, 15) is 4.79 Å². The van der Waals surface area contributed by atoms with Gasteiger partial charge in [0.05, 0.1) is 5.84 Å². The van der Waals surface area contributed by atoms with Crippen LogP contribution in [-0.2, 0) is 9.53 Å². The van der Waals surface area contributed by atoms with E-state index in [0.29, 0.717) is 5.84 Å². The van der Waals surface area contributed by atoms with Gasteiger partial charge in [-0.1, -0.05) is 12.8 Å². The Kier molecular flexibility index (Phi) is 4.40. The molecule has 1 unspecified atom stereocenters. The van der Waals surface area contributed by atoms with Gasteiger partial charge in [0, 0.05) is 6.42 Å². The maximum absolute atomic E-state index is 12.0. The number of rotatable bonds is 2. The summed E-state index contributed by atoms with van der Waals surface area (Å²) in [6.07, 6.45) is 9.40. The summed E-state index contributed by atoms with van der Waals surface area (Å²) in [7, 11) is 0. The summed E-state index contributed by atoms with van der Waals surface area (Å²) in [5.41, 5.74) is 5.74. The van der Waals surface area contributed by atoms with Crippen molar-refractivity contribution in [3.63, 3.8) is 0 Å². The number of nitrogens with two attached hydrogens (primary N) is 1. The standard InChI is InChI=1S/C13H22N2O2/c14-12-9-5-4-8-11(15-12)13(16)17-10-6-2-1-3-7-10/h10-11H,1-9H2,(H2,14,15). The third kappa shape index (κ3) is 3.72. The minimum atomic E-state index is -0.348. The Hall–Kier alpha value is -1.06. The lowest BCUT2D eigenvalue weighted by molar-refractivity contribution is -0.152. The molecule has 1 aliphatic heterocycles. The number of hydrogen-bond acceptors (Lipinski definition) is 4. The number of carbonyl (C=O) groups excluding carboxylic acids is 1. The molecule has 0 aromatic rings. The fraction of sp³-hybridized carbons (Fsp3) is 0.846. The highest BCUT2D eigenvalue weighted by Gasteiger charge is 2.25. The molecule has 0 aromatic heterocycles. The molecule has 2 rings (SSSR count). The van der Waals surface area contributed by atoms with E-state index in [1.165, 1.54) is 19.3 Å². The molecule has 17 heavy (non-hydrogen) atoms. The molecule has 2 N–H and O–H groups in total. The molecule has 1 atom stereocenters. The van der Waals surface area contributed by atoms with Crippen molar-refractivity contribution in [3.8, 4) is 0 Å². The number of nitrogens with zero attached hydrogens (tertiary/aromatic N) is 1. The Morgan fingerprint density at radius 3 is 2.59 bits per heavy atom. The summed E-state index contributed by atoms with van der Waals surface area (Å²) in [5, 5.41) is 0. The predicted octanol–water partition coefficient (Wildman–Crippen LogP) is 2.16. The lowest BCUT2D eigenvalue weighted by Crippen LogP contribution is -2.29. The van der Waals surface area contributed by atoms with Gasteiger partial charge >= 0.3 is 5.97 Å². The molecule has 96 valence electrons. The zero-order valence-corrected chi connectivity index (χ0v) is 10.4. The van der Waals surface area contributed by atoms with E-state index < -0.39 is 0 Å². The Morgan fingerprint density at radius 1 is 1.12 bits per heavy atom. The van der Waals surface area contributed by atoms with Crippen molar-refractivity contribution in [2.75, 3.05) is 0 Å². The van der Waals surface area contributed by atoms with Crippen molar-refractivity contribution < 1.29 is 9.53 Å². The zero-order chi connectivity index (χ0) is 12.1. The molecule has 2 aliphatic rings. The van der Waals surface area contributed by atoms with Gasteiger partial charge in [0.25, 0.3) is 0 Å². The SMILES string of the molecule is NC1=NC(C(=O)OC2CCCCC2)CCCC1. The molecule has 1 heterocycles. The van der Waals surface area contributed by atoms with Crippen LogP contribution >= 0.6 is 0 Å². The second-order valence-electron chi connectivity index (χ2n) is 5.08. The van der Waals surface area contributed by atoms with E-state index in [2.05, 4.69) is 4.99 Å². The van der Waals surface area contributed by atoms with Gasteiger partial charge in [-0.2, -0.15) is 0 Å². The van der Waals surface area contributed by atoms with Crippen LogP contribution in [-0.4, -0.2) is 24.0 Å². The lowest BCUT2D eigenvalue weighted by Gasteiger charge is -2.23. The zero-order valence-electron chi connectivity index (χ0n) is 10.4. The summed E-state index contributed by atoms with van der Waals surface area (Å²) in [4.78, 5) is 16.2. The van der Waals surface area contributed by atoms with Gasteiger partial charge in [-0.15, -0.1) is 0 Å². The van der Waals surface area contributed by atoms with Gasteiger partial charge in [-0.25, -0.2) is 4.79 Å². The number of carbonyl (C=O) groups is 1. The molecule has 1 fully saturated rings. The van der Waals surface area contributed by atoms with Crippen LogP contribution in [0.1, 0.15) is 57.8 Å². The minimum absolute atomic E-state index is 0.121. The van der Waals surface area contributed by atoms with E-state index in [1.54, 1.807) is 0 Å². The van der Waals surface area contributed by atoms with Crippen LogP contribution in [0.15, 0.2) is 4.99 Å². The van der Waals surface area contributed by atoms with Gasteiger partial charge in [0.15, 0.2) is 0 Å². The van der Waals surface area contributed by atoms with Crippen molar-refractivity contribution in [1.82, 2.24) is 0 Å². The highest BCUT2D eigenvalue weighted by atomic mass is 16.5.